The fraction of sp³-hybridized carbons (Fsp3) is 0.412. The summed E-state index contributed by atoms with van der Waals surface area (Å²) in [7, 11) is 0. The van der Waals surface area contributed by atoms with Crippen LogP contribution in [0.4, 0.5) is 0 Å². The Morgan fingerprint density at radius 1 is 1.11 bits per heavy atom. The smallest absolute Gasteiger partial charge is 0.105 e. The number of nitrogens with one attached hydrogen (secondary N) is 1. The lowest BCUT2D eigenvalue weighted by Gasteiger charge is -2.17. The molecule has 2 aromatic rings. The lowest BCUT2D eigenvalue weighted by atomic mass is 10.0. The molecule has 0 amide bonds. The maximum Gasteiger partial charge on any atom is 0.105 e. The highest BCUT2D eigenvalue weighted by atomic mass is 16.3. The first-order valence-electron chi connectivity index (χ1n) is 6.93. The molecule has 1 aromatic carbocycles. The highest BCUT2D eigenvalue weighted by molar-refractivity contribution is 5.24. The molecule has 2 nitrogen and oxygen atoms in total. The van der Waals surface area contributed by atoms with Crippen LogP contribution in [0, 0.1) is 13.8 Å². The molecule has 0 aliphatic rings. The van der Waals surface area contributed by atoms with Gasteiger partial charge in [0.1, 0.15) is 11.5 Å². The van der Waals surface area contributed by atoms with E-state index in [-0.39, 0.29) is 0 Å². The van der Waals surface area contributed by atoms with E-state index in [9.17, 15) is 0 Å². The maximum atomic E-state index is 5.59. The van der Waals surface area contributed by atoms with Crippen LogP contribution in [0.1, 0.15) is 48.5 Å². The van der Waals surface area contributed by atoms with Crippen molar-refractivity contribution in [2.45, 2.75) is 39.7 Å². The molecular formula is C17H23NO. The largest absolute Gasteiger partial charge is 0.466 e. The van der Waals surface area contributed by atoms with Crippen molar-refractivity contribution in [1.29, 1.82) is 0 Å². The van der Waals surface area contributed by atoms with Crippen LogP contribution in [0.25, 0.3) is 0 Å². The molecule has 2 atom stereocenters. The number of benzene rings is 1. The maximum absolute atomic E-state index is 5.59. The standard InChI is InChI=1S/C17H23NO/c1-12(16-8-6-5-7-9-16)11-18-14(3)17-10-13(2)19-15(17)4/h5-10,12,14,18H,11H2,1-4H3. The van der Waals surface area contributed by atoms with Gasteiger partial charge in [0.2, 0.25) is 0 Å². The molecule has 0 bridgehead atoms. The third-order valence-electron chi connectivity index (χ3n) is 3.64. The van der Waals surface area contributed by atoms with Crippen LogP contribution in [0.5, 0.6) is 0 Å². The summed E-state index contributed by atoms with van der Waals surface area (Å²) in [5.41, 5.74) is 2.64. The van der Waals surface area contributed by atoms with Crippen molar-refractivity contribution in [2.75, 3.05) is 6.54 Å². The summed E-state index contributed by atoms with van der Waals surface area (Å²) in [6.45, 7) is 9.43. The van der Waals surface area contributed by atoms with E-state index in [1.54, 1.807) is 0 Å². The van der Waals surface area contributed by atoms with Crippen molar-refractivity contribution in [3.8, 4) is 0 Å². The lowest BCUT2D eigenvalue weighted by molar-refractivity contribution is 0.485. The Morgan fingerprint density at radius 3 is 2.37 bits per heavy atom. The summed E-state index contributed by atoms with van der Waals surface area (Å²) >= 11 is 0. The van der Waals surface area contributed by atoms with Crippen molar-refractivity contribution in [1.82, 2.24) is 5.32 Å². The molecule has 0 fully saturated rings. The molecule has 2 rings (SSSR count). The molecule has 2 unspecified atom stereocenters. The minimum atomic E-state index is 0.323. The third kappa shape index (κ3) is 3.48. The van der Waals surface area contributed by atoms with Crippen molar-refractivity contribution in [3.63, 3.8) is 0 Å². The Labute approximate surface area is 115 Å². The zero-order valence-corrected chi connectivity index (χ0v) is 12.2. The fourth-order valence-corrected chi connectivity index (χ4v) is 2.44. The van der Waals surface area contributed by atoms with Gasteiger partial charge in [0.05, 0.1) is 0 Å². The molecule has 102 valence electrons. The number of rotatable bonds is 5. The summed E-state index contributed by atoms with van der Waals surface area (Å²) in [6, 6.07) is 13.1. The van der Waals surface area contributed by atoms with Crippen molar-refractivity contribution in [3.05, 3.63) is 59.0 Å². The van der Waals surface area contributed by atoms with Crippen LogP contribution >= 0.6 is 0 Å². The molecule has 1 heterocycles. The van der Waals surface area contributed by atoms with Crippen LogP contribution in [0.3, 0.4) is 0 Å². The Kier molecular flexibility index (Phi) is 4.43. The van der Waals surface area contributed by atoms with E-state index in [0.717, 1.165) is 18.1 Å². The van der Waals surface area contributed by atoms with Gasteiger partial charge < -0.3 is 9.73 Å². The first-order chi connectivity index (χ1) is 9.08. The molecule has 1 aromatic heterocycles. The molecule has 0 radical (unpaired) electrons. The summed E-state index contributed by atoms with van der Waals surface area (Å²) in [4.78, 5) is 0. The molecule has 2 heteroatoms. The van der Waals surface area contributed by atoms with Crippen LogP contribution < -0.4 is 5.32 Å². The van der Waals surface area contributed by atoms with Gasteiger partial charge >= 0.3 is 0 Å². The van der Waals surface area contributed by atoms with Gasteiger partial charge in [-0.25, -0.2) is 0 Å². The normalized spacial score (nSPS) is 14.3. The fourth-order valence-electron chi connectivity index (χ4n) is 2.44. The van der Waals surface area contributed by atoms with E-state index in [2.05, 4.69) is 55.6 Å². The molecule has 1 N–H and O–H groups in total. The van der Waals surface area contributed by atoms with E-state index in [4.69, 9.17) is 4.42 Å². The van der Waals surface area contributed by atoms with Crippen molar-refractivity contribution < 1.29 is 4.42 Å². The van der Waals surface area contributed by atoms with Gasteiger partial charge in [-0.05, 0) is 38.3 Å². The van der Waals surface area contributed by atoms with Gasteiger partial charge in [0.15, 0.2) is 0 Å². The van der Waals surface area contributed by atoms with E-state index >= 15 is 0 Å². The van der Waals surface area contributed by atoms with Gasteiger partial charge in [0, 0.05) is 18.2 Å². The van der Waals surface area contributed by atoms with E-state index in [1.165, 1.54) is 11.1 Å². The highest BCUT2D eigenvalue weighted by Crippen LogP contribution is 2.22. The molecule has 0 saturated heterocycles. The molecule has 0 spiro atoms. The minimum absolute atomic E-state index is 0.323. The Balaban J connectivity index is 1.94. The summed E-state index contributed by atoms with van der Waals surface area (Å²) in [6.07, 6.45) is 0. The average molecular weight is 257 g/mol. The first-order valence-corrected chi connectivity index (χ1v) is 6.93. The molecule has 0 aliphatic heterocycles. The SMILES string of the molecule is Cc1cc(C(C)NCC(C)c2ccccc2)c(C)o1. The lowest BCUT2D eigenvalue weighted by Crippen LogP contribution is -2.23. The van der Waals surface area contributed by atoms with E-state index in [0.29, 0.717) is 12.0 Å². The summed E-state index contributed by atoms with van der Waals surface area (Å²) in [5, 5.41) is 3.59. The highest BCUT2D eigenvalue weighted by Gasteiger charge is 2.13. The molecule has 0 saturated carbocycles. The second-order valence-electron chi connectivity index (χ2n) is 5.31. The summed E-state index contributed by atoms with van der Waals surface area (Å²) in [5.74, 6) is 2.51. The monoisotopic (exact) mass is 257 g/mol. The number of hydrogen-bond donors (Lipinski definition) is 1. The van der Waals surface area contributed by atoms with E-state index in [1.807, 2.05) is 13.8 Å². The average Bonchev–Trinajstić information content (AvgIpc) is 2.75. The Hall–Kier alpha value is -1.54. The zero-order valence-electron chi connectivity index (χ0n) is 12.2. The molecule has 0 aliphatic carbocycles. The van der Waals surface area contributed by atoms with Crippen LogP contribution in [-0.2, 0) is 0 Å². The van der Waals surface area contributed by atoms with E-state index < -0.39 is 0 Å². The van der Waals surface area contributed by atoms with Crippen LogP contribution in [-0.4, -0.2) is 6.54 Å². The van der Waals surface area contributed by atoms with Crippen molar-refractivity contribution in [2.24, 2.45) is 0 Å². The van der Waals surface area contributed by atoms with Crippen LogP contribution in [0.2, 0.25) is 0 Å². The van der Waals surface area contributed by atoms with Gasteiger partial charge in [0.25, 0.3) is 0 Å². The topological polar surface area (TPSA) is 25.2 Å². The van der Waals surface area contributed by atoms with Crippen LogP contribution in [0.15, 0.2) is 40.8 Å². The Bertz CT molecular complexity index is 515. The quantitative estimate of drug-likeness (QED) is 0.861. The summed E-state index contributed by atoms with van der Waals surface area (Å²) < 4.78 is 5.59. The predicted molar refractivity (Wildman–Crippen MR) is 79.5 cm³/mol. The van der Waals surface area contributed by atoms with Gasteiger partial charge in [-0.3, -0.25) is 0 Å². The zero-order chi connectivity index (χ0) is 13.8. The van der Waals surface area contributed by atoms with Gasteiger partial charge in [-0.1, -0.05) is 37.3 Å². The second-order valence-corrected chi connectivity index (χ2v) is 5.31. The predicted octanol–water partition coefficient (Wildman–Crippen LogP) is 4.35. The number of aryl methyl sites for hydroxylation is 2. The molecular weight excluding hydrogens is 234 g/mol. The number of hydrogen-bond acceptors (Lipinski definition) is 2. The number of furan rings is 1. The second kappa shape index (κ2) is 6.07. The Morgan fingerprint density at radius 2 is 1.79 bits per heavy atom. The van der Waals surface area contributed by atoms with Crippen molar-refractivity contribution >= 4 is 0 Å². The minimum Gasteiger partial charge on any atom is -0.466 e. The first kappa shape index (κ1) is 13.9. The van der Waals surface area contributed by atoms with Gasteiger partial charge in [-0.15, -0.1) is 0 Å². The molecule has 19 heavy (non-hydrogen) atoms. The van der Waals surface area contributed by atoms with Gasteiger partial charge in [-0.2, -0.15) is 0 Å². The third-order valence-corrected chi connectivity index (χ3v) is 3.64.